The molecule has 5 nitrogen and oxygen atoms in total. The monoisotopic (exact) mass is 253 g/mol. The number of ether oxygens (including phenoxy) is 1. The number of methoxy groups -OCH3 is 1. The van der Waals surface area contributed by atoms with Crippen molar-refractivity contribution in [1.29, 1.82) is 0 Å². The standard InChI is InChI=1S/C11H11NO4S/c1-16-7-4-2-6(3-5-7)9-8(10(13)14)12-11(15)17-9/h2-5,8-9H,1H3,(H,12,15)(H,13,14). The summed E-state index contributed by atoms with van der Waals surface area (Å²) in [6, 6.07) is 6.16. The van der Waals surface area contributed by atoms with Crippen LogP contribution in [0.15, 0.2) is 24.3 Å². The van der Waals surface area contributed by atoms with Crippen LogP contribution in [0.3, 0.4) is 0 Å². The molecule has 1 aromatic carbocycles. The molecule has 90 valence electrons. The van der Waals surface area contributed by atoms with E-state index in [1.54, 1.807) is 31.4 Å². The van der Waals surface area contributed by atoms with Gasteiger partial charge in [0.15, 0.2) is 0 Å². The van der Waals surface area contributed by atoms with E-state index in [-0.39, 0.29) is 5.24 Å². The lowest BCUT2D eigenvalue weighted by atomic mass is 10.1. The number of amides is 1. The Morgan fingerprint density at radius 2 is 2.06 bits per heavy atom. The topological polar surface area (TPSA) is 75.6 Å². The molecule has 2 atom stereocenters. The van der Waals surface area contributed by atoms with Crippen LogP contribution in [0.5, 0.6) is 5.75 Å². The summed E-state index contributed by atoms with van der Waals surface area (Å²) in [5.74, 6) is -0.327. The molecule has 1 aliphatic rings. The molecule has 0 spiro atoms. The number of rotatable bonds is 3. The zero-order chi connectivity index (χ0) is 12.4. The number of thioether (sulfide) groups is 1. The van der Waals surface area contributed by atoms with E-state index in [0.717, 1.165) is 17.3 Å². The fraction of sp³-hybridized carbons (Fsp3) is 0.273. The summed E-state index contributed by atoms with van der Waals surface area (Å²) in [6.45, 7) is 0. The lowest BCUT2D eigenvalue weighted by Crippen LogP contribution is -2.35. The van der Waals surface area contributed by atoms with Gasteiger partial charge in [-0.3, -0.25) is 4.79 Å². The van der Waals surface area contributed by atoms with Crippen LogP contribution in [0.4, 0.5) is 4.79 Å². The molecule has 2 unspecified atom stereocenters. The fourth-order valence-corrected chi connectivity index (χ4v) is 2.70. The van der Waals surface area contributed by atoms with E-state index in [9.17, 15) is 9.59 Å². The highest BCUT2D eigenvalue weighted by molar-refractivity contribution is 8.14. The van der Waals surface area contributed by atoms with Crippen molar-refractivity contribution < 1.29 is 19.4 Å². The Morgan fingerprint density at radius 3 is 2.59 bits per heavy atom. The third-order valence-electron chi connectivity index (χ3n) is 2.52. The van der Waals surface area contributed by atoms with Crippen LogP contribution in [0.2, 0.25) is 0 Å². The number of carbonyl (C=O) groups is 2. The number of carboxylic acid groups (broad SMARTS) is 1. The van der Waals surface area contributed by atoms with Crippen molar-refractivity contribution in [3.05, 3.63) is 29.8 Å². The van der Waals surface area contributed by atoms with E-state index in [1.165, 1.54) is 0 Å². The summed E-state index contributed by atoms with van der Waals surface area (Å²) in [5, 5.41) is 10.7. The Bertz CT molecular complexity index is 445. The molecule has 0 aliphatic carbocycles. The number of nitrogens with one attached hydrogen (secondary N) is 1. The van der Waals surface area contributed by atoms with Crippen molar-refractivity contribution in [3.63, 3.8) is 0 Å². The molecule has 6 heteroatoms. The van der Waals surface area contributed by atoms with Gasteiger partial charge in [0.25, 0.3) is 5.24 Å². The van der Waals surface area contributed by atoms with Crippen LogP contribution >= 0.6 is 11.8 Å². The zero-order valence-electron chi connectivity index (χ0n) is 9.04. The minimum Gasteiger partial charge on any atom is -0.497 e. The van der Waals surface area contributed by atoms with E-state index < -0.39 is 17.3 Å². The van der Waals surface area contributed by atoms with Crippen LogP contribution in [-0.4, -0.2) is 29.5 Å². The molecule has 0 bridgehead atoms. The van der Waals surface area contributed by atoms with Gasteiger partial charge >= 0.3 is 5.97 Å². The smallest absolute Gasteiger partial charge is 0.327 e. The van der Waals surface area contributed by atoms with Crippen molar-refractivity contribution in [2.45, 2.75) is 11.3 Å². The first-order valence-corrected chi connectivity index (χ1v) is 5.83. The molecule has 1 amide bonds. The van der Waals surface area contributed by atoms with E-state index in [1.807, 2.05) is 0 Å². The zero-order valence-corrected chi connectivity index (χ0v) is 9.86. The number of carbonyl (C=O) groups excluding carboxylic acids is 1. The second-order valence-electron chi connectivity index (χ2n) is 3.56. The Balaban J connectivity index is 2.25. The van der Waals surface area contributed by atoms with Gasteiger partial charge in [-0.1, -0.05) is 23.9 Å². The lowest BCUT2D eigenvalue weighted by Gasteiger charge is -2.14. The molecule has 0 aromatic heterocycles. The number of aliphatic carboxylic acids is 1. The minimum absolute atomic E-state index is 0.307. The summed E-state index contributed by atoms with van der Waals surface area (Å²) in [6.07, 6.45) is 0. The first kappa shape index (κ1) is 11.8. The third-order valence-corrected chi connectivity index (χ3v) is 3.65. The average molecular weight is 253 g/mol. The molecule has 17 heavy (non-hydrogen) atoms. The van der Waals surface area contributed by atoms with Gasteiger partial charge in [0.2, 0.25) is 0 Å². The number of hydrogen-bond acceptors (Lipinski definition) is 4. The first-order chi connectivity index (χ1) is 8.11. The van der Waals surface area contributed by atoms with Crippen molar-refractivity contribution in [2.75, 3.05) is 7.11 Å². The van der Waals surface area contributed by atoms with E-state index in [2.05, 4.69) is 5.32 Å². The minimum atomic E-state index is -1.02. The Kier molecular flexibility index (Phi) is 3.23. The van der Waals surface area contributed by atoms with Crippen LogP contribution in [-0.2, 0) is 4.79 Å². The van der Waals surface area contributed by atoms with Gasteiger partial charge in [-0.05, 0) is 17.7 Å². The second-order valence-corrected chi connectivity index (χ2v) is 4.67. The van der Waals surface area contributed by atoms with E-state index >= 15 is 0 Å². The Hall–Kier alpha value is -1.69. The van der Waals surface area contributed by atoms with Gasteiger partial charge in [-0.15, -0.1) is 0 Å². The maximum Gasteiger partial charge on any atom is 0.327 e. The lowest BCUT2D eigenvalue weighted by molar-refractivity contribution is -0.139. The Labute approximate surface area is 102 Å². The summed E-state index contributed by atoms with van der Waals surface area (Å²) in [4.78, 5) is 22.2. The summed E-state index contributed by atoms with van der Waals surface area (Å²) in [7, 11) is 1.56. The summed E-state index contributed by atoms with van der Waals surface area (Å²) >= 11 is 0.997. The highest BCUT2D eigenvalue weighted by Crippen LogP contribution is 2.38. The highest BCUT2D eigenvalue weighted by Gasteiger charge is 2.39. The molecule has 1 fully saturated rings. The predicted octanol–water partition coefficient (Wildman–Crippen LogP) is 1.65. The van der Waals surface area contributed by atoms with Crippen LogP contribution in [0, 0.1) is 0 Å². The van der Waals surface area contributed by atoms with Crippen LogP contribution in [0.25, 0.3) is 0 Å². The van der Waals surface area contributed by atoms with E-state index in [4.69, 9.17) is 9.84 Å². The van der Waals surface area contributed by atoms with Gasteiger partial charge in [0.05, 0.1) is 12.4 Å². The SMILES string of the molecule is COc1ccc(C2SC(=O)NC2C(=O)O)cc1. The average Bonchev–Trinajstić information content (AvgIpc) is 2.72. The molecule has 2 N–H and O–H groups in total. The van der Waals surface area contributed by atoms with Crippen molar-refractivity contribution in [3.8, 4) is 5.75 Å². The normalized spacial score (nSPS) is 23.2. The maximum atomic E-state index is 11.2. The van der Waals surface area contributed by atoms with Crippen molar-refractivity contribution in [2.24, 2.45) is 0 Å². The van der Waals surface area contributed by atoms with Crippen LogP contribution < -0.4 is 10.1 Å². The molecule has 1 aliphatic heterocycles. The number of carboxylic acids is 1. The van der Waals surface area contributed by atoms with Crippen LogP contribution in [0.1, 0.15) is 10.8 Å². The summed E-state index contributed by atoms with van der Waals surface area (Å²) in [5.41, 5.74) is 0.793. The van der Waals surface area contributed by atoms with Gasteiger partial charge in [-0.25, -0.2) is 4.79 Å². The maximum absolute atomic E-state index is 11.2. The molecule has 0 saturated carbocycles. The Morgan fingerprint density at radius 1 is 1.41 bits per heavy atom. The van der Waals surface area contributed by atoms with Gasteiger partial charge in [0, 0.05) is 0 Å². The molecular formula is C11H11NO4S. The van der Waals surface area contributed by atoms with Crippen molar-refractivity contribution in [1.82, 2.24) is 5.32 Å². The fourth-order valence-electron chi connectivity index (χ4n) is 1.67. The van der Waals surface area contributed by atoms with E-state index in [0.29, 0.717) is 5.75 Å². The molecule has 2 rings (SSSR count). The molecule has 1 heterocycles. The van der Waals surface area contributed by atoms with Crippen molar-refractivity contribution >= 4 is 23.0 Å². The third kappa shape index (κ3) is 2.36. The van der Waals surface area contributed by atoms with Gasteiger partial charge in [-0.2, -0.15) is 0 Å². The molecule has 1 saturated heterocycles. The first-order valence-electron chi connectivity index (χ1n) is 4.95. The quantitative estimate of drug-likeness (QED) is 0.856. The number of hydrogen-bond donors (Lipinski definition) is 2. The highest BCUT2D eigenvalue weighted by atomic mass is 32.2. The largest absolute Gasteiger partial charge is 0.497 e. The summed E-state index contributed by atoms with van der Waals surface area (Å²) < 4.78 is 5.02. The van der Waals surface area contributed by atoms with Gasteiger partial charge < -0.3 is 15.2 Å². The van der Waals surface area contributed by atoms with Gasteiger partial charge in [0.1, 0.15) is 11.8 Å². The molecular weight excluding hydrogens is 242 g/mol. The molecule has 1 aromatic rings. The number of benzene rings is 1. The predicted molar refractivity (Wildman–Crippen MR) is 63.3 cm³/mol. The molecule has 0 radical (unpaired) electrons. The second kappa shape index (κ2) is 4.67.